The molecule has 0 bridgehead atoms. The number of hydrogen-bond donors (Lipinski definition) is 1. The van der Waals surface area contributed by atoms with Crippen LogP contribution in [0.2, 0.25) is 5.02 Å². The number of benzene rings is 3. The van der Waals surface area contributed by atoms with Gasteiger partial charge in [0.1, 0.15) is 5.84 Å². The van der Waals surface area contributed by atoms with Crippen LogP contribution in [0, 0.1) is 0 Å². The maximum atomic E-state index is 6.26. The van der Waals surface area contributed by atoms with Crippen LogP contribution in [0.5, 0.6) is 0 Å². The molecule has 4 nitrogen and oxygen atoms in total. The predicted molar refractivity (Wildman–Crippen MR) is 131 cm³/mol. The largest absolute Gasteiger partial charge is 0.353 e. The first-order chi connectivity index (χ1) is 15.3. The number of nitrogens with zero attached hydrogens (tertiary/aromatic N) is 3. The molecule has 1 N–H and O–H groups in total. The first-order valence-corrected chi connectivity index (χ1v) is 11.1. The standard InChI is InChI=1S/C26H25ClN4/c27-21-12-13-24-25(19-21)29-26(22-10-4-5-11-23(22)28-24)31-17-15-30(16-18-31)14-6-9-20-7-2-1-3-8-20/h1-13,19,28H,14-18H2/b9-6+. The lowest BCUT2D eigenvalue weighted by atomic mass is 10.1. The molecule has 0 spiro atoms. The smallest absolute Gasteiger partial charge is 0.138 e. The number of rotatable bonds is 3. The maximum absolute atomic E-state index is 6.26. The Morgan fingerprint density at radius 2 is 1.65 bits per heavy atom. The summed E-state index contributed by atoms with van der Waals surface area (Å²) >= 11 is 6.26. The van der Waals surface area contributed by atoms with E-state index < -0.39 is 0 Å². The molecule has 0 aromatic heterocycles. The number of amidine groups is 1. The van der Waals surface area contributed by atoms with E-state index in [0.717, 1.165) is 61.2 Å². The number of halogens is 1. The van der Waals surface area contributed by atoms with Gasteiger partial charge in [0.2, 0.25) is 0 Å². The average Bonchev–Trinajstić information content (AvgIpc) is 2.97. The molecule has 5 heteroatoms. The quantitative estimate of drug-likeness (QED) is 0.571. The van der Waals surface area contributed by atoms with Gasteiger partial charge in [-0.15, -0.1) is 0 Å². The SMILES string of the molecule is Clc1ccc2c(c1)N=C(N1CCN(C/C=C/c3ccccc3)CC1)c1ccccc1N2. The Kier molecular flexibility index (Phi) is 5.74. The van der Waals surface area contributed by atoms with Gasteiger partial charge in [-0.25, -0.2) is 4.99 Å². The van der Waals surface area contributed by atoms with Crippen molar-refractivity contribution in [1.29, 1.82) is 0 Å². The van der Waals surface area contributed by atoms with Gasteiger partial charge in [0.05, 0.1) is 11.4 Å². The van der Waals surface area contributed by atoms with Gasteiger partial charge in [0.15, 0.2) is 0 Å². The van der Waals surface area contributed by atoms with Crippen molar-refractivity contribution in [2.75, 3.05) is 38.0 Å². The van der Waals surface area contributed by atoms with E-state index >= 15 is 0 Å². The lowest BCUT2D eigenvalue weighted by Crippen LogP contribution is -2.48. The van der Waals surface area contributed by atoms with Crippen LogP contribution >= 0.6 is 11.6 Å². The third kappa shape index (κ3) is 4.50. The molecule has 0 unspecified atom stereocenters. The first-order valence-electron chi connectivity index (χ1n) is 10.7. The zero-order valence-corrected chi connectivity index (χ0v) is 18.1. The van der Waals surface area contributed by atoms with Gasteiger partial charge >= 0.3 is 0 Å². The minimum Gasteiger partial charge on any atom is -0.353 e. The van der Waals surface area contributed by atoms with E-state index in [2.05, 4.69) is 75.8 Å². The van der Waals surface area contributed by atoms with Gasteiger partial charge in [-0.1, -0.05) is 66.2 Å². The molecule has 1 fully saturated rings. The zero-order chi connectivity index (χ0) is 21.0. The second-order valence-corrected chi connectivity index (χ2v) is 8.30. The van der Waals surface area contributed by atoms with E-state index in [0.29, 0.717) is 5.02 Å². The van der Waals surface area contributed by atoms with Gasteiger partial charge in [-0.3, -0.25) is 4.90 Å². The van der Waals surface area contributed by atoms with Crippen molar-refractivity contribution >= 4 is 40.6 Å². The van der Waals surface area contributed by atoms with Crippen LogP contribution in [0.15, 0.2) is 83.9 Å². The summed E-state index contributed by atoms with van der Waals surface area (Å²) in [4.78, 5) is 9.94. The number of nitrogens with one attached hydrogen (secondary N) is 1. The van der Waals surface area contributed by atoms with Crippen molar-refractivity contribution in [3.63, 3.8) is 0 Å². The predicted octanol–water partition coefficient (Wildman–Crippen LogP) is 5.81. The van der Waals surface area contributed by atoms with E-state index in [1.54, 1.807) is 0 Å². The summed E-state index contributed by atoms with van der Waals surface area (Å²) in [5.74, 6) is 1.02. The molecule has 31 heavy (non-hydrogen) atoms. The molecule has 0 atom stereocenters. The van der Waals surface area contributed by atoms with Crippen molar-refractivity contribution in [1.82, 2.24) is 9.80 Å². The van der Waals surface area contributed by atoms with Gasteiger partial charge in [0, 0.05) is 49.0 Å². The van der Waals surface area contributed by atoms with Crippen molar-refractivity contribution in [3.8, 4) is 0 Å². The Bertz CT molecular complexity index is 1120. The Balaban J connectivity index is 1.32. The molecule has 0 aliphatic carbocycles. The van der Waals surface area contributed by atoms with Crippen molar-refractivity contribution in [3.05, 3.63) is 95.0 Å². The number of anilines is 2. The molecule has 0 saturated carbocycles. The van der Waals surface area contributed by atoms with Crippen molar-refractivity contribution < 1.29 is 0 Å². The molecular formula is C26H25ClN4. The van der Waals surface area contributed by atoms with Gasteiger partial charge < -0.3 is 10.2 Å². The Labute approximate surface area is 188 Å². The fourth-order valence-electron chi connectivity index (χ4n) is 4.09. The topological polar surface area (TPSA) is 30.9 Å². The van der Waals surface area contributed by atoms with E-state index in [9.17, 15) is 0 Å². The van der Waals surface area contributed by atoms with Gasteiger partial charge in [-0.2, -0.15) is 0 Å². The Morgan fingerprint density at radius 1 is 0.871 bits per heavy atom. The third-order valence-corrected chi connectivity index (χ3v) is 6.00. The molecule has 2 aliphatic heterocycles. The molecule has 2 heterocycles. The summed E-state index contributed by atoms with van der Waals surface area (Å²) in [7, 11) is 0. The average molecular weight is 429 g/mol. The van der Waals surface area contributed by atoms with E-state index in [1.807, 2.05) is 24.3 Å². The molecule has 0 amide bonds. The summed E-state index contributed by atoms with van der Waals surface area (Å²) in [5, 5.41) is 4.23. The zero-order valence-electron chi connectivity index (χ0n) is 17.3. The summed E-state index contributed by atoms with van der Waals surface area (Å²) in [6, 6.07) is 24.7. The normalized spacial score (nSPS) is 16.3. The minimum atomic E-state index is 0.699. The highest BCUT2D eigenvalue weighted by molar-refractivity contribution is 6.31. The van der Waals surface area contributed by atoms with Crippen molar-refractivity contribution in [2.24, 2.45) is 4.99 Å². The molecule has 2 aliphatic rings. The molecule has 0 radical (unpaired) electrons. The van der Waals surface area contributed by atoms with Gasteiger partial charge in [-0.05, 0) is 35.9 Å². The summed E-state index contributed by atoms with van der Waals surface area (Å²) in [6.07, 6.45) is 4.45. The Morgan fingerprint density at radius 3 is 2.48 bits per heavy atom. The van der Waals surface area contributed by atoms with E-state index in [-0.39, 0.29) is 0 Å². The summed E-state index contributed by atoms with van der Waals surface area (Å²) < 4.78 is 0. The van der Waals surface area contributed by atoms with Crippen LogP contribution in [-0.4, -0.2) is 48.4 Å². The number of aliphatic imine (C=N–C) groups is 1. The number of hydrogen-bond acceptors (Lipinski definition) is 4. The maximum Gasteiger partial charge on any atom is 0.138 e. The highest BCUT2D eigenvalue weighted by atomic mass is 35.5. The lowest BCUT2D eigenvalue weighted by Gasteiger charge is -2.36. The number of para-hydroxylation sites is 1. The molecule has 3 aromatic carbocycles. The fraction of sp³-hybridized carbons (Fsp3) is 0.192. The van der Waals surface area contributed by atoms with E-state index in [1.165, 1.54) is 5.56 Å². The van der Waals surface area contributed by atoms with Crippen LogP contribution < -0.4 is 5.32 Å². The molecule has 156 valence electrons. The summed E-state index contributed by atoms with van der Waals surface area (Å²) in [6.45, 7) is 4.88. The van der Waals surface area contributed by atoms with Crippen molar-refractivity contribution in [2.45, 2.75) is 0 Å². The number of fused-ring (bicyclic) bond motifs is 2. The van der Waals surface area contributed by atoms with Crippen LogP contribution in [0.25, 0.3) is 6.08 Å². The highest BCUT2D eigenvalue weighted by Crippen LogP contribution is 2.36. The molecule has 1 saturated heterocycles. The molecule has 5 rings (SSSR count). The van der Waals surface area contributed by atoms with E-state index in [4.69, 9.17) is 16.6 Å². The monoisotopic (exact) mass is 428 g/mol. The number of piperazine rings is 1. The van der Waals surface area contributed by atoms with Gasteiger partial charge in [0.25, 0.3) is 0 Å². The third-order valence-electron chi connectivity index (χ3n) is 5.77. The van der Waals surface area contributed by atoms with Crippen LogP contribution in [0.1, 0.15) is 11.1 Å². The second kappa shape index (κ2) is 8.96. The first kappa shape index (κ1) is 19.9. The summed E-state index contributed by atoms with van der Waals surface area (Å²) in [5.41, 5.74) is 5.32. The minimum absolute atomic E-state index is 0.699. The van der Waals surface area contributed by atoms with Crippen LogP contribution in [-0.2, 0) is 0 Å². The molecular weight excluding hydrogens is 404 g/mol. The molecule has 3 aromatic rings. The second-order valence-electron chi connectivity index (χ2n) is 7.87. The van der Waals surface area contributed by atoms with Crippen LogP contribution in [0.4, 0.5) is 17.1 Å². The highest BCUT2D eigenvalue weighted by Gasteiger charge is 2.24. The Hall–Kier alpha value is -3.08. The van der Waals surface area contributed by atoms with Crippen LogP contribution in [0.3, 0.4) is 0 Å². The fourth-order valence-corrected chi connectivity index (χ4v) is 4.26. The lowest BCUT2D eigenvalue weighted by molar-refractivity contribution is 0.198.